The zero-order valence-corrected chi connectivity index (χ0v) is 10.4. The molecule has 1 heterocycles. The molecule has 1 fully saturated rings. The van der Waals surface area contributed by atoms with Crippen LogP contribution in [0.3, 0.4) is 0 Å². The van der Waals surface area contributed by atoms with Crippen LogP contribution in [0.2, 0.25) is 0 Å². The lowest BCUT2D eigenvalue weighted by Crippen LogP contribution is -2.27. The van der Waals surface area contributed by atoms with E-state index < -0.39 is 0 Å². The fraction of sp³-hybridized carbons (Fsp3) is 0.400. The molecule has 1 amide bonds. The predicted molar refractivity (Wildman–Crippen MR) is 70.2 cm³/mol. The quantitative estimate of drug-likeness (QED) is 0.802. The molecule has 2 rings (SSSR count). The summed E-state index contributed by atoms with van der Waals surface area (Å²) in [5.74, 6) is 5.91. The van der Waals surface area contributed by atoms with Crippen LogP contribution in [0.1, 0.15) is 35.2 Å². The van der Waals surface area contributed by atoms with Crippen LogP contribution in [0.4, 0.5) is 0 Å². The molecular formula is C15H17NO2. The zero-order valence-electron chi connectivity index (χ0n) is 10.4. The molecule has 0 bridgehead atoms. The smallest absolute Gasteiger partial charge is 0.253 e. The molecule has 0 atom stereocenters. The second kappa shape index (κ2) is 6.23. The summed E-state index contributed by atoms with van der Waals surface area (Å²) >= 11 is 0. The first-order valence-corrected chi connectivity index (χ1v) is 6.30. The molecule has 1 N–H and O–H groups in total. The molecule has 0 saturated carbocycles. The van der Waals surface area contributed by atoms with Crippen molar-refractivity contribution >= 4 is 5.91 Å². The van der Waals surface area contributed by atoms with Crippen LogP contribution in [0.5, 0.6) is 0 Å². The van der Waals surface area contributed by atoms with Crippen LogP contribution < -0.4 is 0 Å². The number of carbonyl (C=O) groups is 1. The normalized spacial score (nSPS) is 14.2. The third kappa shape index (κ3) is 3.12. The Morgan fingerprint density at radius 2 is 2.11 bits per heavy atom. The number of nitrogens with zero attached hydrogens (tertiary/aromatic N) is 1. The Morgan fingerprint density at radius 3 is 2.83 bits per heavy atom. The van der Waals surface area contributed by atoms with Gasteiger partial charge in [-0.15, -0.1) is 0 Å². The molecule has 0 aromatic heterocycles. The van der Waals surface area contributed by atoms with E-state index in [1.807, 2.05) is 29.2 Å². The van der Waals surface area contributed by atoms with Crippen molar-refractivity contribution in [1.29, 1.82) is 0 Å². The molecule has 0 aliphatic carbocycles. The maximum Gasteiger partial charge on any atom is 0.253 e. The second-order valence-electron chi connectivity index (χ2n) is 4.36. The fourth-order valence-electron chi connectivity index (χ4n) is 2.05. The van der Waals surface area contributed by atoms with Gasteiger partial charge in [0, 0.05) is 30.6 Å². The molecular weight excluding hydrogens is 226 g/mol. The van der Waals surface area contributed by atoms with Crippen molar-refractivity contribution in [2.24, 2.45) is 0 Å². The fourth-order valence-corrected chi connectivity index (χ4v) is 2.05. The molecule has 1 aliphatic heterocycles. The molecule has 94 valence electrons. The molecule has 3 nitrogen and oxygen atoms in total. The topological polar surface area (TPSA) is 40.5 Å². The Labute approximate surface area is 107 Å². The summed E-state index contributed by atoms with van der Waals surface area (Å²) in [5.41, 5.74) is 1.53. The monoisotopic (exact) mass is 243 g/mol. The van der Waals surface area contributed by atoms with Crippen molar-refractivity contribution < 1.29 is 9.90 Å². The molecule has 1 saturated heterocycles. The number of amides is 1. The van der Waals surface area contributed by atoms with Gasteiger partial charge in [0.05, 0.1) is 6.61 Å². The molecule has 18 heavy (non-hydrogen) atoms. The van der Waals surface area contributed by atoms with Gasteiger partial charge in [-0.3, -0.25) is 4.79 Å². The highest BCUT2D eigenvalue weighted by atomic mass is 16.2. The van der Waals surface area contributed by atoms with Gasteiger partial charge >= 0.3 is 0 Å². The van der Waals surface area contributed by atoms with Crippen LogP contribution >= 0.6 is 0 Å². The first-order chi connectivity index (χ1) is 8.81. The number of hydrogen-bond donors (Lipinski definition) is 1. The molecule has 1 aromatic rings. The summed E-state index contributed by atoms with van der Waals surface area (Å²) in [6, 6.07) is 7.39. The van der Waals surface area contributed by atoms with E-state index >= 15 is 0 Å². The van der Waals surface area contributed by atoms with Gasteiger partial charge < -0.3 is 10.0 Å². The van der Waals surface area contributed by atoms with E-state index in [0.717, 1.165) is 31.5 Å². The highest BCUT2D eigenvalue weighted by Gasteiger charge is 2.19. The number of rotatable bonds is 2. The van der Waals surface area contributed by atoms with Crippen molar-refractivity contribution in [3.05, 3.63) is 35.4 Å². The maximum atomic E-state index is 12.2. The molecule has 0 unspecified atom stereocenters. The summed E-state index contributed by atoms with van der Waals surface area (Å²) in [6.45, 7) is 1.79. The van der Waals surface area contributed by atoms with Crippen molar-refractivity contribution in [3.63, 3.8) is 0 Å². The van der Waals surface area contributed by atoms with Crippen LogP contribution in [0, 0.1) is 11.8 Å². The van der Waals surface area contributed by atoms with Gasteiger partial charge in [0.2, 0.25) is 0 Å². The molecule has 3 heteroatoms. The van der Waals surface area contributed by atoms with E-state index in [4.69, 9.17) is 5.11 Å². The summed E-state index contributed by atoms with van der Waals surface area (Å²) in [7, 11) is 0. The Hall–Kier alpha value is -1.79. The van der Waals surface area contributed by atoms with Crippen molar-refractivity contribution in [2.75, 3.05) is 19.7 Å². The lowest BCUT2D eigenvalue weighted by atomic mass is 10.1. The van der Waals surface area contributed by atoms with Crippen LogP contribution in [0.15, 0.2) is 24.3 Å². The van der Waals surface area contributed by atoms with Crippen LogP contribution in [0.25, 0.3) is 0 Å². The summed E-state index contributed by atoms with van der Waals surface area (Å²) < 4.78 is 0. The Bertz CT molecular complexity index is 479. The third-order valence-electron chi connectivity index (χ3n) is 2.97. The van der Waals surface area contributed by atoms with Gasteiger partial charge in [-0.05, 0) is 31.0 Å². The van der Waals surface area contributed by atoms with E-state index in [0.29, 0.717) is 12.0 Å². The molecule has 0 radical (unpaired) electrons. The number of aliphatic hydroxyl groups is 1. The lowest BCUT2D eigenvalue weighted by Gasteiger charge is -2.15. The van der Waals surface area contributed by atoms with Gasteiger partial charge in [-0.25, -0.2) is 0 Å². The lowest BCUT2D eigenvalue weighted by molar-refractivity contribution is 0.0793. The minimum absolute atomic E-state index is 0.0688. The van der Waals surface area contributed by atoms with Gasteiger partial charge in [0.25, 0.3) is 5.91 Å². The Balaban J connectivity index is 2.11. The first kappa shape index (κ1) is 12.7. The number of hydrogen-bond acceptors (Lipinski definition) is 2. The largest absolute Gasteiger partial charge is 0.395 e. The zero-order chi connectivity index (χ0) is 12.8. The summed E-state index contributed by atoms with van der Waals surface area (Å²) in [5, 5.41) is 8.67. The van der Waals surface area contributed by atoms with E-state index in [-0.39, 0.29) is 12.5 Å². The number of benzene rings is 1. The SMILES string of the molecule is O=C(c1cccc(C#CCCO)c1)N1CCCC1. The van der Waals surface area contributed by atoms with E-state index in [2.05, 4.69) is 11.8 Å². The van der Waals surface area contributed by atoms with E-state index in [1.165, 1.54) is 0 Å². The van der Waals surface area contributed by atoms with Crippen LogP contribution in [-0.2, 0) is 0 Å². The molecule has 0 spiro atoms. The number of aliphatic hydroxyl groups excluding tert-OH is 1. The highest BCUT2D eigenvalue weighted by molar-refractivity contribution is 5.94. The van der Waals surface area contributed by atoms with Gasteiger partial charge in [0.15, 0.2) is 0 Å². The summed E-state index contributed by atoms with van der Waals surface area (Å²) in [6.07, 6.45) is 2.66. The predicted octanol–water partition coefficient (Wildman–Crippen LogP) is 1.66. The Kier molecular flexibility index (Phi) is 4.38. The highest BCUT2D eigenvalue weighted by Crippen LogP contribution is 2.13. The molecule has 1 aromatic carbocycles. The van der Waals surface area contributed by atoms with Crippen molar-refractivity contribution in [2.45, 2.75) is 19.3 Å². The third-order valence-corrected chi connectivity index (χ3v) is 2.97. The Morgan fingerprint density at radius 1 is 1.33 bits per heavy atom. The van der Waals surface area contributed by atoms with E-state index in [9.17, 15) is 4.79 Å². The minimum atomic E-state index is 0.0688. The van der Waals surface area contributed by atoms with Crippen molar-refractivity contribution in [1.82, 2.24) is 4.90 Å². The average molecular weight is 243 g/mol. The number of likely N-dealkylation sites (tertiary alicyclic amines) is 1. The van der Waals surface area contributed by atoms with E-state index in [1.54, 1.807) is 0 Å². The minimum Gasteiger partial charge on any atom is -0.395 e. The number of carbonyl (C=O) groups excluding carboxylic acids is 1. The second-order valence-corrected chi connectivity index (χ2v) is 4.36. The van der Waals surface area contributed by atoms with Crippen molar-refractivity contribution in [3.8, 4) is 11.8 Å². The van der Waals surface area contributed by atoms with Gasteiger partial charge in [0.1, 0.15) is 0 Å². The maximum absolute atomic E-state index is 12.2. The summed E-state index contributed by atoms with van der Waals surface area (Å²) in [4.78, 5) is 14.1. The first-order valence-electron chi connectivity index (χ1n) is 6.30. The average Bonchev–Trinajstić information content (AvgIpc) is 2.92. The molecule has 1 aliphatic rings. The van der Waals surface area contributed by atoms with Gasteiger partial charge in [-0.2, -0.15) is 0 Å². The standard InChI is InChI=1S/C15H17NO2/c17-11-4-1-6-13-7-5-8-14(12-13)15(18)16-9-2-3-10-16/h5,7-8,12,17H,2-4,9-11H2. The van der Waals surface area contributed by atoms with Gasteiger partial charge in [-0.1, -0.05) is 17.9 Å². The van der Waals surface area contributed by atoms with Crippen LogP contribution in [-0.4, -0.2) is 35.6 Å².